The van der Waals surface area contributed by atoms with Crippen LogP contribution in [0.3, 0.4) is 0 Å². The molecule has 2 aromatic heterocycles. The molecule has 0 saturated carbocycles. The predicted octanol–water partition coefficient (Wildman–Crippen LogP) is 2.61. The Balaban J connectivity index is 1.19. The Hall–Kier alpha value is -3.59. The highest BCUT2D eigenvalue weighted by atomic mass is 19.1. The van der Waals surface area contributed by atoms with Crippen molar-refractivity contribution >= 4 is 23.2 Å². The Labute approximate surface area is 201 Å². The van der Waals surface area contributed by atoms with Gasteiger partial charge in [-0.25, -0.2) is 8.91 Å². The van der Waals surface area contributed by atoms with Crippen molar-refractivity contribution in [2.24, 2.45) is 0 Å². The van der Waals surface area contributed by atoms with Crippen LogP contribution in [0.4, 0.5) is 4.39 Å². The van der Waals surface area contributed by atoms with Gasteiger partial charge in [0.15, 0.2) is 0 Å². The lowest BCUT2D eigenvalue weighted by Crippen LogP contribution is -2.52. The van der Waals surface area contributed by atoms with Crippen LogP contribution in [0.1, 0.15) is 58.8 Å². The number of fused-ring (bicyclic) bond motifs is 2. The van der Waals surface area contributed by atoms with E-state index in [4.69, 9.17) is 0 Å². The predicted molar refractivity (Wildman–Crippen MR) is 125 cm³/mol. The third-order valence-corrected chi connectivity index (χ3v) is 7.57. The molecule has 0 bridgehead atoms. The summed E-state index contributed by atoms with van der Waals surface area (Å²) in [5.41, 5.74) is 4.23. The number of hydrogen-bond acceptors (Lipinski definition) is 5. The van der Waals surface area contributed by atoms with Gasteiger partial charge in [-0.3, -0.25) is 24.6 Å². The van der Waals surface area contributed by atoms with E-state index in [1.165, 1.54) is 11.0 Å². The van der Waals surface area contributed by atoms with Crippen LogP contribution in [0.15, 0.2) is 42.6 Å². The summed E-state index contributed by atoms with van der Waals surface area (Å²) < 4.78 is 16.6. The Morgan fingerprint density at radius 2 is 1.89 bits per heavy atom. The van der Waals surface area contributed by atoms with Crippen molar-refractivity contribution in [2.45, 2.75) is 50.7 Å². The lowest BCUT2D eigenvalue weighted by atomic mass is 9.85. The maximum atomic E-state index is 14.6. The van der Waals surface area contributed by atoms with Gasteiger partial charge in [-0.1, -0.05) is 6.07 Å². The third-order valence-electron chi connectivity index (χ3n) is 7.57. The van der Waals surface area contributed by atoms with E-state index >= 15 is 0 Å². The second-order valence-electron chi connectivity index (χ2n) is 9.66. The summed E-state index contributed by atoms with van der Waals surface area (Å²) >= 11 is 0. The van der Waals surface area contributed by atoms with Crippen molar-refractivity contribution in [1.29, 1.82) is 0 Å². The zero-order chi connectivity index (χ0) is 24.1. The first kappa shape index (κ1) is 21.9. The molecule has 1 unspecified atom stereocenters. The number of nitrogens with zero attached hydrogens (tertiary/aromatic N) is 4. The molecule has 2 fully saturated rings. The number of carbonyl (C=O) groups is 3. The molecule has 6 rings (SSSR count). The van der Waals surface area contributed by atoms with E-state index in [0.717, 1.165) is 54.8 Å². The fourth-order valence-electron chi connectivity index (χ4n) is 5.78. The van der Waals surface area contributed by atoms with E-state index < -0.39 is 17.8 Å². The molecule has 8 nitrogen and oxygen atoms in total. The monoisotopic (exact) mass is 475 g/mol. The van der Waals surface area contributed by atoms with Crippen molar-refractivity contribution in [2.75, 3.05) is 13.1 Å². The van der Waals surface area contributed by atoms with E-state index in [9.17, 15) is 18.8 Å². The molecular weight excluding hydrogens is 449 g/mol. The number of amides is 3. The molecule has 0 spiro atoms. The maximum Gasteiger partial charge on any atom is 0.255 e. The smallest absolute Gasteiger partial charge is 0.255 e. The number of pyridine rings is 1. The maximum absolute atomic E-state index is 14.6. The zero-order valence-electron chi connectivity index (χ0n) is 19.2. The van der Waals surface area contributed by atoms with E-state index in [1.54, 1.807) is 12.3 Å². The fraction of sp³-hybridized carbons (Fsp3) is 0.385. The number of rotatable bonds is 4. The van der Waals surface area contributed by atoms with Crippen molar-refractivity contribution in [1.82, 2.24) is 24.7 Å². The standard InChI is InChI=1S/C26H26FN5O3/c27-17-12-20(22-15-31(26(35)21(22)13-17)23-4-5-24(33)29-25(23)34)16-7-10-30(11-8-16)14-19-3-1-2-18-6-9-28-32(18)19/h1-3,6,9,12-13,16,23H,4-5,7-8,10-11,14-15H2,(H,29,33,34). The van der Waals surface area contributed by atoms with Crippen LogP contribution in [-0.4, -0.2) is 56.3 Å². The second kappa shape index (κ2) is 8.57. The van der Waals surface area contributed by atoms with E-state index in [2.05, 4.69) is 21.4 Å². The third kappa shape index (κ3) is 3.89. The molecule has 3 amide bonds. The normalized spacial score (nSPS) is 21.6. The van der Waals surface area contributed by atoms with Crippen LogP contribution >= 0.6 is 0 Å². The van der Waals surface area contributed by atoms with Gasteiger partial charge >= 0.3 is 0 Å². The average molecular weight is 476 g/mol. The summed E-state index contributed by atoms with van der Waals surface area (Å²) in [6, 6.07) is 10.3. The Kier molecular flexibility index (Phi) is 5.36. The number of halogens is 1. The molecule has 0 radical (unpaired) electrons. The fourth-order valence-corrected chi connectivity index (χ4v) is 5.78. The van der Waals surface area contributed by atoms with E-state index in [0.29, 0.717) is 12.0 Å². The molecule has 1 atom stereocenters. The van der Waals surface area contributed by atoms with Crippen LogP contribution < -0.4 is 5.32 Å². The lowest BCUT2D eigenvalue weighted by Gasteiger charge is -2.33. The molecule has 3 aliphatic heterocycles. The quantitative estimate of drug-likeness (QED) is 0.587. The summed E-state index contributed by atoms with van der Waals surface area (Å²) in [6.07, 6.45) is 4.01. The summed E-state index contributed by atoms with van der Waals surface area (Å²) in [7, 11) is 0. The molecule has 0 aliphatic carbocycles. The number of carbonyl (C=O) groups excluding carboxylic acids is 3. The number of imide groups is 1. The van der Waals surface area contributed by atoms with Crippen molar-refractivity contribution in [3.8, 4) is 0 Å². The SMILES string of the molecule is O=C1CCC(N2Cc3c(cc(F)cc3C3CCN(Cc4cccc5ccnn45)CC3)C2=O)C(=O)N1. The molecule has 35 heavy (non-hydrogen) atoms. The largest absolute Gasteiger partial charge is 0.322 e. The molecule has 3 aliphatic rings. The zero-order valence-corrected chi connectivity index (χ0v) is 19.2. The van der Waals surface area contributed by atoms with Crippen LogP contribution in [0.2, 0.25) is 0 Å². The minimum Gasteiger partial charge on any atom is -0.322 e. The number of hydrogen-bond donors (Lipinski definition) is 1. The molecule has 1 aromatic carbocycles. The average Bonchev–Trinajstić information content (AvgIpc) is 3.45. The van der Waals surface area contributed by atoms with Gasteiger partial charge < -0.3 is 4.90 Å². The van der Waals surface area contributed by atoms with Crippen molar-refractivity contribution < 1.29 is 18.8 Å². The van der Waals surface area contributed by atoms with Crippen molar-refractivity contribution in [3.05, 3.63) is 70.8 Å². The molecule has 9 heteroatoms. The number of likely N-dealkylation sites (tertiary alicyclic amines) is 1. The van der Waals surface area contributed by atoms with Gasteiger partial charge in [-0.05, 0) is 79.7 Å². The lowest BCUT2D eigenvalue weighted by molar-refractivity contribution is -0.136. The first-order chi connectivity index (χ1) is 17.0. The number of nitrogens with one attached hydrogen (secondary N) is 1. The molecule has 180 valence electrons. The molecule has 1 N–H and O–H groups in total. The molecule has 2 saturated heterocycles. The highest BCUT2D eigenvalue weighted by molar-refractivity contribution is 6.05. The van der Waals surface area contributed by atoms with Gasteiger partial charge in [0.2, 0.25) is 11.8 Å². The van der Waals surface area contributed by atoms with Gasteiger partial charge in [-0.2, -0.15) is 5.10 Å². The number of benzene rings is 1. The van der Waals surface area contributed by atoms with Crippen LogP contribution in [0.25, 0.3) is 5.52 Å². The Morgan fingerprint density at radius 3 is 2.69 bits per heavy atom. The van der Waals surface area contributed by atoms with Crippen LogP contribution in [0.5, 0.6) is 0 Å². The summed E-state index contributed by atoms with van der Waals surface area (Å²) in [6.45, 7) is 2.78. The van der Waals surface area contributed by atoms with Crippen LogP contribution in [0, 0.1) is 5.82 Å². The van der Waals surface area contributed by atoms with Gasteiger partial charge in [0, 0.05) is 31.3 Å². The van der Waals surface area contributed by atoms with Gasteiger partial charge in [0.05, 0.1) is 11.2 Å². The Morgan fingerprint density at radius 1 is 1.06 bits per heavy atom. The summed E-state index contributed by atoms with van der Waals surface area (Å²) in [5, 5.41) is 6.74. The van der Waals surface area contributed by atoms with Gasteiger partial charge in [0.1, 0.15) is 11.9 Å². The van der Waals surface area contributed by atoms with E-state index in [1.807, 2.05) is 22.7 Å². The molecule has 5 heterocycles. The van der Waals surface area contributed by atoms with E-state index in [-0.39, 0.29) is 30.7 Å². The highest BCUT2D eigenvalue weighted by Crippen LogP contribution is 2.38. The van der Waals surface area contributed by atoms with Gasteiger partial charge in [0.25, 0.3) is 5.91 Å². The Bertz CT molecular complexity index is 1340. The van der Waals surface area contributed by atoms with Gasteiger partial charge in [-0.15, -0.1) is 0 Å². The highest BCUT2D eigenvalue weighted by Gasteiger charge is 2.41. The summed E-state index contributed by atoms with van der Waals surface area (Å²) in [5.74, 6) is -1.39. The number of aromatic nitrogens is 2. The van der Waals surface area contributed by atoms with Crippen molar-refractivity contribution in [3.63, 3.8) is 0 Å². The van der Waals surface area contributed by atoms with Crippen LogP contribution in [-0.2, 0) is 22.7 Å². The molecule has 3 aromatic rings. The topological polar surface area (TPSA) is 87.0 Å². The minimum atomic E-state index is -0.699. The minimum absolute atomic E-state index is 0.144. The molecular formula is C26H26FN5O3. The first-order valence-electron chi connectivity index (χ1n) is 12.1. The second-order valence-corrected chi connectivity index (χ2v) is 9.66. The first-order valence-corrected chi connectivity index (χ1v) is 12.1. The number of piperidine rings is 2. The summed E-state index contributed by atoms with van der Waals surface area (Å²) in [4.78, 5) is 40.9.